The molecule has 0 radical (unpaired) electrons. The van der Waals surface area contributed by atoms with Gasteiger partial charge in [-0.2, -0.15) is 13.2 Å². The fraction of sp³-hybridized carbons (Fsp3) is 0.462. The molecule has 0 heterocycles. The summed E-state index contributed by atoms with van der Waals surface area (Å²) in [4.78, 5) is 11.5. The lowest BCUT2D eigenvalue weighted by atomic mass is 10.0. The number of amides is 1. The Morgan fingerprint density at radius 2 is 2.05 bits per heavy atom. The third-order valence-electron chi connectivity index (χ3n) is 3.00. The highest BCUT2D eigenvalue weighted by Gasteiger charge is 2.45. The largest absolute Gasteiger partial charge is 0.411 e. The van der Waals surface area contributed by atoms with Crippen LogP contribution >= 0.6 is 0 Å². The van der Waals surface area contributed by atoms with Gasteiger partial charge in [0.25, 0.3) is 0 Å². The third kappa shape index (κ3) is 3.93. The summed E-state index contributed by atoms with van der Waals surface area (Å²) in [6.45, 7) is -2.13. The molecule has 3 nitrogen and oxygen atoms in total. The van der Waals surface area contributed by atoms with Crippen LogP contribution in [0, 0.1) is 5.82 Å². The van der Waals surface area contributed by atoms with Gasteiger partial charge >= 0.3 is 6.18 Å². The van der Waals surface area contributed by atoms with E-state index >= 15 is 0 Å². The number of hydrogen-bond donors (Lipinski definition) is 1. The molecule has 20 heavy (non-hydrogen) atoms. The number of carbonyl (C=O) groups is 1. The highest BCUT2D eigenvalue weighted by Crippen LogP contribution is 2.45. The summed E-state index contributed by atoms with van der Waals surface area (Å²) in [6.07, 6.45) is -3.21. The van der Waals surface area contributed by atoms with Crippen molar-refractivity contribution in [3.63, 3.8) is 0 Å². The van der Waals surface area contributed by atoms with Gasteiger partial charge in [-0.15, -0.1) is 0 Å². The Bertz CT molecular complexity index is 497. The molecule has 0 unspecified atom stereocenters. The van der Waals surface area contributed by atoms with Gasteiger partial charge in [0.05, 0.1) is 5.54 Å². The summed E-state index contributed by atoms with van der Waals surface area (Å²) in [6, 6.07) is 5.79. The van der Waals surface area contributed by atoms with Crippen LogP contribution in [0.2, 0.25) is 0 Å². The maximum absolute atomic E-state index is 13.1. The van der Waals surface area contributed by atoms with Crippen LogP contribution < -0.4 is 5.32 Å². The summed E-state index contributed by atoms with van der Waals surface area (Å²) >= 11 is 0. The molecule has 1 amide bonds. The fourth-order valence-corrected chi connectivity index (χ4v) is 1.96. The summed E-state index contributed by atoms with van der Waals surface area (Å²) in [5.74, 6) is -1.06. The first-order valence-electron chi connectivity index (χ1n) is 6.02. The minimum absolute atomic E-state index is 0.420. The Morgan fingerprint density at radius 3 is 2.60 bits per heavy atom. The Morgan fingerprint density at radius 1 is 1.35 bits per heavy atom. The normalized spacial score (nSPS) is 16.8. The van der Waals surface area contributed by atoms with Crippen LogP contribution in [0.15, 0.2) is 24.3 Å². The maximum Gasteiger partial charge on any atom is 0.411 e. The average Bonchev–Trinajstić information content (AvgIpc) is 3.08. The van der Waals surface area contributed by atoms with Crippen LogP contribution in [0.25, 0.3) is 0 Å². The van der Waals surface area contributed by atoms with Crippen LogP contribution in [0.4, 0.5) is 17.6 Å². The Kier molecular flexibility index (Phi) is 3.99. The molecule has 7 heteroatoms. The predicted molar refractivity (Wildman–Crippen MR) is 62.3 cm³/mol. The second kappa shape index (κ2) is 5.40. The van der Waals surface area contributed by atoms with E-state index in [0.717, 1.165) is 0 Å². The van der Waals surface area contributed by atoms with Gasteiger partial charge in [0.1, 0.15) is 19.0 Å². The molecule has 0 aliphatic heterocycles. The SMILES string of the molecule is O=C(COCC(F)(F)F)NC1(c2cccc(F)c2)CC1. The van der Waals surface area contributed by atoms with Crippen molar-refractivity contribution in [3.05, 3.63) is 35.6 Å². The lowest BCUT2D eigenvalue weighted by Gasteiger charge is -2.18. The molecule has 1 fully saturated rings. The van der Waals surface area contributed by atoms with Crippen molar-refractivity contribution in [2.75, 3.05) is 13.2 Å². The van der Waals surface area contributed by atoms with Crippen molar-refractivity contribution in [3.8, 4) is 0 Å². The number of carbonyl (C=O) groups excluding carboxylic acids is 1. The van der Waals surface area contributed by atoms with Crippen LogP contribution in [0.3, 0.4) is 0 Å². The molecule has 1 aromatic rings. The fourth-order valence-electron chi connectivity index (χ4n) is 1.96. The zero-order valence-electron chi connectivity index (χ0n) is 10.5. The zero-order chi connectivity index (χ0) is 14.8. The van der Waals surface area contributed by atoms with Crippen molar-refractivity contribution in [2.45, 2.75) is 24.6 Å². The topological polar surface area (TPSA) is 38.3 Å². The molecule has 1 saturated carbocycles. The molecule has 0 saturated heterocycles. The van der Waals surface area contributed by atoms with E-state index in [9.17, 15) is 22.4 Å². The summed E-state index contributed by atoms with van der Waals surface area (Å²) < 4.78 is 53.0. The minimum atomic E-state index is -4.46. The Labute approximate surface area is 112 Å². The van der Waals surface area contributed by atoms with E-state index < -0.39 is 36.7 Å². The molecular weight excluding hydrogens is 278 g/mol. The second-order valence-corrected chi connectivity index (χ2v) is 4.75. The van der Waals surface area contributed by atoms with Gasteiger partial charge in [-0.05, 0) is 30.5 Å². The van der Waals surface area contributed by atoms with Crippen LogP contribution in [0.1, 0.15) is 18.4 Å². The molecule has 0 aromatic heterocycles. The number of nitrogens with one attached hydrogen (secondary N) is 1. The lowest BCUT2D eigenvalue weighted by Crippen LogP contribution is -2.38. The first kappa shape index (κ1) is 14.8. The van der Waals surface area contributed by atoms with E-state index in [-0.39, 0.29) is 0 Å². The maximum atomic E-state index is 13.1. The molecule has 1 aliphatic carbocycles. The summed E-state index contributed by atoms with van der Waals surface area (Å²) in [5.41, 5.74) is -0.0532. The quantitative estimate of drug-likeness (QED) is 0.847. The Hall–Kier alpha value is -1.63. The highest BCUT2D eigenvalue weighted by atomic mass is 19.4. The molecule has 110 valence electrons. The minimum Gasteiger partial charge on any atom is -0.362 e. The van der Waals surface area contributed by atoms with Crippen molar-refractivity contribution in [2.24, 2.45) is 0 Å². The van der Waals surface area contributed by atoms with Gasteiger partial charge in [0.15, 0.2) is 0 Å². The molecule has 0 atom stereocenters. The average molecular weight is 291 g/mol. The van der Waals surface area contributed by atoms with E-state index in [2.05, 4.69) is 10.1 Å². The number of ether oxygens (including phenoxy) is 1. The van der Waals surface area contributed by atoms with E-state index in [1.54, 1.807) is 6.07 Å². The number of hydrogen-bond acceptors (Lipinski definition) is 2. The van der Waals surface area contributed by atoms with Gasteiger partial charge in [-0.3, -0.25) is 4.79 Å². The van der Waals surface area contributed by atoms with Crippen molar-refractivity contribution < 1.29 is 27.1 Å². The Balaban J connectivity index is 1.88. The first-order valence-corrected chi connectivity index (χ1v) is 6.02. The number of benzene rings is 1. The standard InChI is InChI=1S/C13H13F4NO2/c14-10-3-1-2-9(6-10)12(4-5-12)18-11(19)7-20-8-13(15,16)17/h1-3,6H,4-5,7-8H2,(H,18,19). The van der Waals surface area contributed by atoms with E-state index in [1.807, 2.05) is 0 Å². The predicted octanol–water partition coefficient (Wildman–Crippen LogP) is 2.51. The molecular formula is C13H13F4NO2. The number of halogens is 4. The van der Waals surface area contributed by atoms with Crippen molar-refractivity contribution in [1.82, 2.24) is 5.32 Å². The molecule has 0 bridgehead atoms. The van der Waals surface area contributed by atoms with E-state index in [0.29, 0.717) is 18.4 Å². The van der Waals surface area contributed by atoms with Crippen LogP contribution in [-0.2, 0) is 15.1 Å². The van der Waals surface area contributed by atoms with Crippen LogP contribution in [-0.4, -0.2) is 25.3 Å². The summed E-state index contributed by atoms with van der Waals surface area (Å²) in [5, 5.41) is 2.60. The molecule has 1 aromatic carbocycles. The number of rotatable bonds is 5. The van der Waals surface area contributed by atoms with Crippen molar-refractivity contribution in [1.29, 1.82) is 0 Å². The lowest BCUT2D eigenvalue weighted by molar-refractivity contribution is -0.175. The molecule has 1 aliphatic rings. The smallest absolute Gasteiger partial charge is 0.362 e. The van der Waals surface area contributed by atoms with Gasteiger partial charge in [-0.25, -0.2) is 4.39 Å². The molecule has 2 rings (SSSR count). The first-order chi connectivity index (χ1) is 9.31. The molecule has 1 N–H and O–H groups in total. The monoisotopic (exact) mass is 291 g/mol. The van der Waals surface area contributed by atoms with E-state index in [1.165, 1.54) is 18.2 Å². The van der Waals surface area contributed by atoms with Gasteiger partial charge in [0, 0.05) is 0 Å². The third-order valence-corrected chi connectivity index (χ3v) is 3.00. The summed E-state index contributed by atoms with van der Waals surface area (Å²) in [7, 11) is 0. The van der Waals surface area contributed by atoms with Gasteiger partial charge in [-0.1, -0.05) is 12.1 Å². The van der Waals surface area contributed by atoms with Gasteiger partial charge in [0.2, 0.25) is 5.91 Å². The molecule has 0 spiro atoms. The number of alkyl halides is 3. The second-order valence-electron chi connectivity index (χ2n) is 4.75. The van der Waals surface area contributed by atoms with Gasteiger partial charge < -0.3 is 10.1 Å². The van der Waals surface area contributed by atoms with Crippen LogP contribution in [0.5, 0.6) is 0 Å². The van der Waals surface area contributed by atoms with Crippen molar-refractivity contribution >= 4 is 5.91 Å². The highest BCUT2D eigenvalue weighted by molar-refractivity contribution is 5.78. The zero-order valence-corrected chi connectivity index (χ0v) is 10.5. The van der Waals surface area contributed by atoms with E-state index in [4.69, 9.17) is 0 Å².